The van der Waals surface area contributed by atoms with Gasteiger partial charge in [-0.25, -0.2) is 0 Å². The van der Waals surface area contributed by atoms with Gasteiger partial charge in [0.25, 0.3) is 0 Å². The van der Waals surface area contributed by atoms with Crippen LogP contribution in [0.15, 0.2) is 30.9 Å². The van der Waals surface area contributed by atoms with Crippen LogP contribution in [0.25, 0.3) is 0 Å². The van der Waals surface area contributed by atoms with E-state index in [0.717, 1.165) is 9.13 Å². The first-order valence-electron chi connectivity index (χ1n) is 3.83. The summed E-state index contributed by atoms with van der Waals surface area (Å²) in [5.41, 5.74) is 0.754. The highest BCUT2D eigenvalue weighted by molar-refractivity contribution is 14.1. The molecule has 1 unspecified atom stereocenters. The molecule has 2 nitrogen and oxygen atoms in total. The fourth-order valence-electron chi connectivity index (χ4n) is 1.06. The first kappa shape index (κ1) is 10.5. The molecule has 0 aliphatic carbocycles. The second kappa shape index (κ2) is 4.62. The fraction of sp³-hybridized carbons (Fsp3) is 0.200. The number of hydrogen-bond acceptors (Lipinski definition) is 2. The minimum absolute atomic E-state index is 0.662. The summed E-state index contributed by atoms with van der Waals surface area (Å²) < 4.78 is 6.18. The Morgan fingerprint density at radius 2 is 2.31 bits per heavy atom. The molecular weight excluding hydrogens is 279 g/mol. The highest BCUT2D eigenvalue weighted by Crippen LogP contribution is 2.27. The summed E-state index contributed by atoms with van der Waals surface area (Å²) in [6.45, 7) is 3.53. The third-order valence-electron chi connectivity index (χ3n) is 1.73. The molecular formula is C10H11IO2. The van der Waals surface area contributed by atoms with Gasteiger partial charge in [0.15, 0.2) is 0 Å². The Labute approximate surface area is 91.4 Å². The summed E-state index contributed by atoms with van der Waals surface area (Å²) in [4.78, 5) is 0. The lowest BCUT2D eigenvalue weighted by Gasteiger charge is -2.11. The van der Waals surface area contributed by atoms with Crippen molar-refractivity contribution < 1.29 is 9.84 Å². The van der Waals surface area contributed by atoms with Crippen LogP contribution >= 0.6 is 22.6 Å². The maximum Gasteiger partial charge on any atom is 0.125 e. The third-order valence-corrected chi connectivity index (χ3v) is 2.40. The molecule has 0 fully saturated rings. The molecule has 1 aromatic rings. The molecule has 0 spiro atoms. The Morgan fingerprint density at radius 3 is 2.85 bits per heavy atom. The number of benzene rings is 1. The van der Waals surface area contributed by atoms with Gasteiger partial charge in [0.1, 0.15) is 11.9 Å². The van der Waals surface area contributed by atoms with E-state index in [1.165, 1.54) is 6.08 Å². The van der Waals surface area contributed by atoms with Crippen molar-refractivity contribution >= 4 is 22.6 Å². The number of aliphatic hydroxyl groups is 1. The van der Waals surface area contributed by atoms with Crippen LogP contribution in [0.3, 0.4) is 0 Å². The van der Waals surface area contributed by atoms with E-state index in [0.29, 0.717) is 5.75 Å². The Hall–Kier alpha value is -0.550. The van der Waals surface area contributed by atoms with Crippen molar-refractivity contribution in [3.8, 4) is 5.75 Å². The molecule has 0 bridgehead atoms. The second-order valence-electron chi connectivity index (χ2n) is 2.57. The number of methoxy groups -OCH3 is 1. The molecule has 0 saturated carbocycles. The van der Waals surface area contributed by atoms with Gasteiger partial charge in [-0.1, -0.05) is 6.08 Å². The molecule has 1 aromatic carbocycles. The van der Waals surface area contributed by atoms with Crippen molar-refractivity contribution in [1.82, 2.24) is 0 Å². The van der Waals surface area contributed by atoms with E-state index in [9.17, 15) is 5.11 Å². The Kier molecular flexibility index (Phi) is 3.74. The summed E-state index contributed by atoms with van der Waals surface area (Å²) in [6.07, 6.45) is 0.818. The molecule has 0 aliphatic rings. The topological polar surface area (TPSA) is 29.5 Å². The molecule has 1 rings (SSSR count). The van der Waals surface area contributed by atoms with Gasteiger partial charge in [-0.05, 0) is 40.8 Å². The van der Waals surface area contributed by atoms with Gasteiger partial charge in [-0.3, -0.25) is 0 Å². The molecule has 0 amide bonds. The lowest BCUT2D eigenvalue weighted by atomic mass is 10.1. The molecule has 13 heavy (non-hydrogen) atoms. The Bertz CT molecular complexity index is 310. The molecule has 70 valence electrons. The van der Waals surface area contributed by atoms with Gasteiger partial charge >= 0.3 is 0 Å². The number of halogens is 1. The van der Waals surface area contributed by atoms with Crippen molar-refractivity contribution in [3.63, 3.8) is 0 Å². The highest BCUT2D eigenvalue weighted by Gasteiger charge is 2.09. The first-order chi connectivity index (χ1) is 6.19. The fourth-order valence-corrected chi connectivity index (χ4v) is 1.58. The number of hydrogen-bond donors (Lipinski definition) is 1. The SMILES string of the molecule is C=CC(O)c1cc(I)ccc1OC. The van der Waals surface area contributed by atoms with Crippen molar-refractivity contribution in [2.45, 2.75) is 6.10 Å². The quantitative estimate of drug-likeness (QED) is 0.684. The molecule has 0 aliphatic heterocycles. The number of ether oxygens (including phenoxy) is 1. The smallest absolute Gasteiger partial charge is 0.125 e. The molecule has 0 saturated heterocycles. The second-order valence-corrected chi connectivity index (χ2v) is 3.81. The summed E-state index contributed by atoms with van der Waals surface area (Å²) >= 11 is 2.19. The van der Waals surface area contributed by atoms with Crippen LogP contribution in [-0.2, 0) is 0 Å². The van der Waals surface area contributed by atoms with Crippen LogP contribution in [0, 0.1) is 3.57 Å². The van der Waals surface area contributed by atoms with Gasteiger partial charge < -0.3 is 9.84 Å². The normalized spacial score (nSPS) is 12.2. The van der Waals surface area contributed by atoms with E-state index < -0.39 is 6.10 Å². The van der Waals surface area contributed by atoms with Crippen molar-refractivity contribution in [2.75, 3.05) is 7.11 Å². The van der Waals surface area contributed by atoms with Gasteiger partial charge in [0, 0.05) is 9.13 Å². The molecule has 1 atom stereocenters. The van der Waals surface area contributed by atoms with Crippen molar-refractivity contribution in [2.24, 2.45) is 0 Å². The van der Waals surface area contributed by atoms with E-state index in [2.05, 4.69) is 29.2 Å². The monoisotopic (exact) mass is 290 g/mol. The lowest BCUT2D eigenvalue weighted by molar-refractivity contribution is 0.223. The third kappa shape index (κ3) is 2.45. The Morgan fingerprint density at radius 1 is 1.62 bits per heavy atom. The Balaban J connectivity index is 3.14. The average molecular weight is 290 g/mol. The molecule has 0 heterocycles. The van der Waals surface area contributed by atoms with Gasteiger partial charge in [-0.2, -0.15) is 0 Å². The number of aliphatic hydroxyl groups excluding tert-OH is 1. The zero-order valence-electron chi connectivity index (χ0n) is 7.33. The van der Waals surface area contributed by atoms with E-state index in [4.69, 9.17) is 4.74 Å². The van der Waals surface area contributed by atoms with Crippen LogP contribution in [0.2, 0.25) is 0 Å². The number of rotatable bonds is 3. The summed E-state index contributed by atoms with van der Waals surface area (Å²) in [5.74, 6) is 0.688. The van der Waals surface area contributed by atoms with Crippen LogP contribution < -0.4 is 4.74 Å². The van der Waals surface area contributed by atoms with E-state index in [1.54, 1.807) is 7.11 Å². The van der Waals surface area contributed by atoms with Crippen LogP contribution in [0.4, 0.5) is 0 Å². The summed E-state index contributed by atoms with van der Waals surface area (Å²) in [6, 6.07) is 5.65. The van der Waals surface area contributed by atoms with Gasteiger partial charge in [0.05, 0.1) is 7.11 Å². The van der Waals surface area contributed by atoms with Crippen molar-refractivity contribution in [1.29, 1.82) is 0 Å². The van der Waals surface area contributed by atoms with Crippen LogP contribution in [0.5, 0.6) is 5.75 Å². The summed E-state index contributed by atoms with van der Waals surface area (Å²) in [5, 5.41) is 9.56. The van der Waals surface area contributed by atoms with Gasteiger partial charge in [0.2, 0.25) is 0 Å². The molecule has 1 N–H and O–H groups in total. The maximum absolute atomic E-state index is 9.56. The van der Waals surface area contributed by atoms with Crippen LogP contribution in [-0.4, -0.2) is 12.2 Å². The zero-order valence-corrected chi connectivity index (χ0v) is 9.48. The minimum atomic E-state index is -0.662. The van der Waals surface area contributed by atoms with Gasteiger partial charge in [-0.15, -0.1) is 6.58 Å². The highest BCUT2D eigenvalue weighted by atomic mass is 127. The van der Waals surface area contributed by atoms with E-state index >= 15 is 0 Å². The largest absolute Gasteiger partial charge is 0.496 e. The standard InChI is InChI=1S/C10H11IO2/c1-3-9(12)8-6-7(11)4-5-10(8)13-2/h3-6,9,12H,1H2,2H3. The molecule has 0 aromatic heterocycles. The molecule has 0 radical (unpaired) electrons. The predicted molar refractivity (Wildman–Crippen MR) is 60.9 cm³/mol. The average Bonchev–Trinajstić information content (AvgIpc) is 2.16. The predicted octanol–water partition coefficient (Wildman–Crippen LogP) is 2.52. The van der Waals surface area contributed by atoms with Crippen LogP contribution in [0.1, 0.15) is 11.7 Å². The minimum Gasteiger partial charge on any atom is -0.496 e. The van der Waals surface area contributed by atoms with E-state index in [1.807, 2.05) is 18.2 Å². The maximum atomic E-state index is 9.56. The van der Waals surface area contributed by atoms with E-state index in [-0.39, 0.29) is 0 Å². The summed E-state index contributed by atoms with van der Waals surface area (Å²) in [7, 11) is 1.58. The van der Waals surface area contributed by atoms with Crippen molar-refractivity contribution in [3.05, 3.63) is 40.0 Å². The molecule has 3 heteroatoms. The zero-order chi connectivity index (χ0) is 9.84. The lowest BCUT2D eigenvalue weighted by Crippen LogP contribution is -1.97. The first-order valence-corrected chi connectivity index (χ1v) is 4.91.